The molecule has 1 fully saturated rings. The molecule has 1 aliphatic heterocycles. The number of imidazole rings is 1. The first kappa shape index (κ1) is 21.2. The number of amides is 1. The lowest BCUT2D eigenvalue weighted by Gasteiger charge is -2.20. The Bertz CT molecular complexity index is 1000. The molecule has 0 spiro atoms. The van der Waals surface area contributed by atoms with Gasteiger partial charge in [0.05, 0.1) is 34.7 Å². The van der Waals surface area contributed by atoms with Crippen LogP contribution < -0.4 is 5.19 Å². The number of hydrogen-bond donors (Lipinski definition) is 2. The molecule has 1 aromatic carbocycles. The Balaban J connectivity index is 2.11. The summed E-state index contributed by atoms with van der Waals surface area (Å²) >= 11 is 0. The Hall–Kier alpha value is -2.55. The molecule has 1 atom stereocenters. The van der Waals surface area contributed by atoms with Gasteiger partial charge in [0.15, 0.2) is 0 Å². The summed E-state index contributed by atoms with van der Waals surface area (Å²) in [4.78, 5) is 31.3. The van der Waals surface area contributed by atoms with Gasteiger partial charge in [0, 0.05) is 18.4 Å². The SMILES string of the molecule is CC(=O)Cc1c(C)c([Si])c(C)c(C)c1-c1cnc(C2CC(F)(F)CN2C(=O)O)[nH]1. The molecule has 29 heavy (non-hydrogen) atoms. The van der Waals surface area contributed by atoms with Crippen LogP contribution in [0.25, 0.3) is 11.3 Å². The average molecular weight is 418 g/mol. The summed E-state index contributed by atoms with van der Waals surface area (Å²) in [5.41, 5.74) is 5.05. The normalized spacial score (nSPS) is 18.3. The van der Waals surface area contributed by atoms with E-state index in [1.54, 1.807) is 0 Å². The number of carboxylic acid groups (broad SMARTS) is 1. The fourth-order valence-electron chi connectivity index (χ4n) is 3.95. The topological polar surface area (TPSA) is 86.3 Å². The second-order valence-electron chi connectivity index (χ2n) is 7.65. The zero-order valence-electron chi connectivity index (χ0n) is 16.7. The fraction of sp³-hybridized carbons (Fsp3) is 0.450. The number of H-pyrrole nitrogens is 1. The molecule has 1 amide bonds. The molecule has 1 saturated heterocycles. The van der Waals surface area contributed by atoms with E-state index >= 15 is 0 Å². The van der Waals surface area contributed by atoms with Crippen molar-refractivity contribution < 1.29 is 23.5 Å². The third-order valence-corrected chi connectivity index (χ3v) is 6.31. The van der Waals surface area contributed by atoms with Gasteiger partial charge in [-0.05, 0) is 49.9 Å². The van der Waals surface area contributed by atoms with Gasteiger partial charge in [-0.2, -0.15) is 0 Å². The van der Waals surface area contributed by atoms with Crippen molar-refractivity contribution in [3.05, 3.63) is 34.3 Å². The van der Waals surface area contributed by atoms with E-state index in [2.05, 4.69) is 20.2 Å². The highest BCUT2D eigenvalue weighted by atomic mass is 28.1. The highest BCUT2D eigenvalue weighted by Crippen LogP contribution is 2.41. The molecule has 9 heteroatoms. The quantitative estimate of drug-likeness (QED) is 0.748. The molecule has 3 radical (unpaired) electrons. The zero-order valence-corrected chi connectivity index (χ0v) is 17.7. The number of alkyl halides is 2. The number of hydrogen-bond acceptors (Lipinski definition) is 3. The first-order valence-corrected chi connectivity index (χ1v) is 9.69. The Morgan fingerprint density at radius 1 is 1.31 bits per heavy atom. The van der Waals surface area contributed by atoms with Crippen LogP contribution >= 0.6 is 0 Å². The fourth-order valence-corrected chi connectivity index (χ4v) is 4.29. The maximum absolute atomic E-state index is 13.9. The molecule has 1 aliphatic rings. The van der Waals surface area contributed by atoms with E-state index in [-0.39, 0.29) is 18.0 Å². The zero-order chi connectivity index (χ0) is 21.7. The van der Waals surface area contributed by atoms with Crippen LogP contribution in [-0.4, -0.2) is 54.6 Å². The van der Waals surface area contributed by atoms with Crippen molar-refractivity contribution in [2.24, 2.45) is 0 Å². The Morgan fingerprint density at radius 3 is 2.55 bits per heavy atom. The molecule has 0 aliphatic carbocycles. The van der Waals surface area contributed by atoms with Crippen molar-refractivity contribution in [1.82, 2.24) is 14.9 Å². The predicted octanol–water partition coefficient (Wildman–Crippen LogP) is 2.99. The minimum Gasteiger partial charge on any atom is -0.465 e. The summed E-state index contributed by atoms with van der Waals surface area (Å²) in [6.07, 6.45) is -0.293. The molecule has 1 aromatic heterocycles. The van der Waals surface area contributed by atoms with Gasteiger partial charge < -0.3 is 10.1 Å². The van der Waals surface area contributed by atoms with Gasteiger partial charge in [0.25, 0.3) is 5.92 Å². The predicted molar refractivity (Wildman–Crippen MR) is 105 cm³/mol. The van der Waals surface area contributed by atoms with Crippen LogP contribution in [0.3, 0.4) is 0 Å². The minimum absolute atomic E-state index is 0.00380. The van der Waals surface area contributed by atoms with Gasteiger partial charge in [0.1, 0.15) is 11.6 Å². The summed E-state index contributed by atoms with van der Waals surface area (Å²) in [5.74, 6) is -2.93. The second kappa shape index (κ2) is 7.36. The van der Waals surface area contributed by atoms with Crippen LogP contribution in [0.15, 0.2) is 6.20 Å². The summed E-state index contributed by atoms with van der Waals surface area (Å²) in [6.45, 7) is 6.44. The Labute approximate surface area is 170 Å². The molecule has 6 nitrogen and oxygen atoms in total. The van der Waals surface area contributed by atoms with Crippen molar-refractivity contribution in [3.8, 4) is 11.3 Å². The van der Waals surface area contributed by atoms with E-state index in [1.165, 1.54) is 13.1 Å². The number of Topliss-reactive ketones (excluding diaryl/α,β-unsaturated/α-hetero) is 1. The van der Waals surface area contributed by atoms with E-state index in [9.17, 15) is 23.5 Å². The smallest absolute Gasteiger partial charge is 0.408 e. The minimum atomic E-state index is -3.10. The van der Waals surface area contributed by atoms with Gasteiger partial charge in [-0.3, -0.25) is 9.69 Å². The van der Waals surface area contributed by atoms with E-state index in [0.717, 1.165) is 33.0 Å². The molecule has 0 bridgehead atoms. The number of nitrogens with one attached hydrogen (secondary N) is 1. The van der Waals surface area contributed by atoms with Crippen LogP contribution in [0.5, 0.6) is 0 Å². The maximum Gasteiger partial charge on any atom is 0.408 e. The summed E-state index contributed by atoms with van der Waals surface area (Å²) in [7, 11) is 3.64. The first-order chi connectivity index (χ1) is 13.4. The number of nitrogens with zero attached hydrogens (tertiary/aromatic N) is 2. The highest BCUT2D eigenvalue weighted by molar-refractivity contribution is 6.34. The number of aromatic amines is 1. The number of aromatic nitrogens is 2. The van der Waals surface area contributed by atoms with Crippen LogP contribution in [-0.2, 0) is 11.2 Å². The number of rotatable bonds is 4. The van der Waals surface area contributed by atoms with Crippen molar-refractivity contribution in [3.63, 3.8) is 0 Å². The van der Waals surface area contributed by atoms with Crippen LogP contribution in [0.2, 0.25) is 0 Å². The largest absolute Gasteiger partial charge is 0.465 e. The summed E-state index contributed by atoms with van der Waals surface area (Å²) in [5, 5.41) is 10.2. The van der Waals surface area contributed by atoms with Gasteiger partial charge in [-0.1, -0.05) is 5.19 Å². The van der Waals surface area contributed by atoms with Crippen LogP contribution in [0.1, 0.15) is 47.5 Å². The molecular weight excluding hydrogens is 396 g/mol. The van der Waals surface area contributed by atoms with E-state index in [1.807, 2.05) is 20.8 Å². The molecule has 2 aromatic rings. The van der Waals surface area contributed by atoms with Crippen molar-refractivity contribution in [2.45, 2.75) is 52.5 Å². The standard InChI is InChI=1S/C20H22F2N3O3Si/c1-9(26)5-13-12(4)17(29)11(3)10(2)16(13)14-7-23-18(24-14)15-6-20(21,22)8-25(15)19(27)28/h7,15H,5-6,8H2,1-4H3,(H,23,24)(H,27,28). The van der Waals surface area contributed by atoms with Gasteiger partial charge >= 0.3 is 6.09 Å². The van der Waals surface area contributed by atoms with Crippen LogP contribution in [0.4, 0.5) is 13.6 Å². The number of ketones is 1. The van der Waals surface area contributed by atoms with E-state index in [0.29, 0.717) is 10.6 Å². The molecule has 2 heterocycles. The van der Waals surface area contributed by atoms with E-state index in [4.69, 9.17) is 0 Å². The lowest BCUT2D eigenvalue weighted by atomic mass is 9.89. The Morgan fingerprint density at radius 2 is 1.97 bits per heavy atom. The van der Waals surface area contributed by atoms with Crippen molar-refractivity contribution in [1.29, 1.82) is 0 Å². The number of benzene rings is 1. The number of carbonyl (C=O) groups excluding carboxylic acids is 1. The number of carbonyl (C=O) groups is 2. The first-order valence-electron chi connectivity index (χ1n) is 9.19. The van der Waals surface area contributed by atoms with Gasteiger partial charge in [0.2, 0.25) is 0 Å². The third kappa shape index (κ3) is 3.83. The number of likely N-dealkylation sites (tertiary alicyclic amines) is 1. The van der Waals surface area contributed by atoms with Gasteiger partial charge in [-0.25, -0.2) is 18.6 Å². The van der Waals surface area contributed by atoms with Crippen molar-refractivity contribution >= 4 is 27.3 Å². The van der Waals surface area contributed by atoms with E-state index < -0.39 is 31.0 Å². The molecule has 3 rings (SSSR count). The van der Waals surface area contributed by atoms with Crippen molar-refractivity contribution in [2.75, 3.05) is 6.54 Å². The Kier molecular flexibility index (Phi) is 5.37. The summed E-state index contributed by atoms with van der Waals surface area (Å²) in [6, 6.07) is -1.05. The molecule has 1 unspecified atom stereocenters. The van der Waals surface area contributed by atoms with Gasteiger partial charge in [-0.15, -0.1) is 0 Å². The molecule has 0 saturated carbocycles. The van der Waals surface area contributed by atoms with Crippen LogP contribution in [0, 0.1) is 20.8 Å². The molecule has 2 N–H and O–H groups in total. The highest BCUT2D eigenvalue weighted by Gasteiger charge is 2.49. The maximum atomic E-state index is 13.9. The average Bonchev–Trinajstić information content (AvgIpc) is 3.21. The lowest BCUT2D eigenvalue weighted by molar-refractivity contribution is -0.116. The monoisotopic (exact) mass is 418 g/mol. The summed E-state index contributed by atoms with van der Waals surface area (Å²) < 4.78 is 27.7. The molecule has 153 valence electrons. The number of halogens is 2. The lowest BCUT2D eigenvalue weighted by Crippen LogP contribution is -2.31. The second-order valence-corrected chi connectivity index (χ2v) is 8.15. The molecular formula is C20H22F2N3O3Si. The third-order valence-electron chi connectivity index (χ3n) is 5.56.